The third kappa shape index (κ3) is 2.69. The van der Waals surface area contributed by atoms with Crippen molar-refractivity contribution >= 4 is 29.0 Å². The number of nitrogens with zero attached hydrogens (tertiary/aromatic N) is 1. The summed E-state index contributed by atoms with van der Waals surface area (Å²) in [6.45, 7) is 3.76. The van der Waals surface area contributed by atoms with E-state index >= 15 is 0 Å². The van der Waals surface area contributed by atoms with Crippen LogP contribution in [0.4, 0.5) is 33.3 Å². The SMILES string of the molecule is C=[N+](c1ccc(C(F)(F)F)cc1)c1c[nH]c2cc(F)c(F)cc12. The highest BCUT2D eigenvalue weighted by Gasteiger charge is 2.30. The molecule has 3 rings (SSSR count). The van der Waals surface area contributed by atoms with Crippen LogP contribution in [0.15, 0.2) is 42.6 Å². The fourth-order valence-electron chi connectivity index (χ4n) is 2.29. The van der Waals surface area contributed by atoms with Crippen molar-refractivity contribution in [3.05, 3.63) is 59.8 Å². The van der Waals surface area contributed by atoms with E-state index in [1.165, 1.54) is 22.9 Å². The van der Waals surface area contributed by atoms with Crippen LogP contribution >= 0.6 is 0 Å². The maximum absolute atomic E-state index is 13.4. The molecule has 118 valence electrons. The lowest BCUT2D eigenvalue weighted by Gasteiger charge is -2.06. The van der Waals surface area contributed by atoms with Crippen molar-refractivity contribution in [2.45, 2.75) is 6.18 Å². The van der Waals surface area contributed by atoms with E-state index in [1.807, 2.05) is 0 Å². The summed E-state index contributed by atoms with van der Waals surface area (Å²) < 4.78 is 65.7. The van der Waals surface area contributed by atoms with Crippen LogP contribution in [-0.4, -0.2) is 11.7 Å². The first kappa shape index (κ1) is 15.2. The topological polar surface area (TPSA) is 18.8 Å². The predicted molar refractivity (Wildman–Crippen MR) is 78.2 cm³/mol. The summed E-state index contributed by atoms with van der Waals surface area (Å²) in [6, 6.07) is 6.40. The van der Waals surface area contributed by atoms with E-state index in [2.05, 4.69) is 11.7 Å². The van der Waals surface area contributed by atoms with Crippen molar-refractivity contribution in [3.63, 3.8) is 0 Å². The van der Waals surface area contributed by atoms with Crippen molar-refractivity contribution < 1.29 is 22.0 Å². The molecule has 2 aromatic carbocycles. The zero-order valence-electron chi connectivity index (χ0n) is 11.6. The molecule has 0 saturated heterocycles. The molecular weight excluding hydrogens is 315 g/mol. The van der Waals surface area contributed by atoms with E-state index in [4.69, 9.17) is 0 Å². The fourth-order valence-corrected chi connectivity index (χ4v) is 2.29. The second-order valence-electron chi connectivity index (χ2n) is 4.96. The van der Waals surface area contributed by atoms with Gasteiger partial charge in [-0.3, -0.25) is 0 Å². The highest BCUT2D eigenvalue weighted by atomic mass is 19.4. The van der Waals surface area contributed by atoms with Gasteiger partial charge in [-0.1, -0.05) is 0 Å². The van der Waals surface area contributed by atoms with Crippen LogP contribution < -0.4 is 4.58 Å². The Bertz CT molecular complexity index is 891. The van der Waals surface area contributed by atoms with Crippen molar-refractivity contribution in [1.82, 2.24) is 9.56 Å². The van der Waals surface area contributed by atoms with Crippen molar-refractivity contribution in [2.75, 3.05) is 0 Å². The molecule has 2 nitrogen and oxygen atoms in total. The molecule has 1 N–H and O–H groups in total. The molecule has 0 unspecified atom stereocenters. The Labute approximate surface area is 127 Å². The van der Waals surface area contributed by atoms with Gasteiger partial charge in [0, 0.05) is 18.2 Å². The molecule has 0 fully saturated rings. The van der Waals surface area contributed by atoms with E-state index in [0.717, 1.165) is 24.3 Å². The highest BCUT2D eigenvalue weighted by Crippen LogP contribution is 2.33. The second kappa shape index (κ2) is 5.19. The summed E-state index contributed by atoms with van der Waals surface area (Å²) in [4.78, 5) is 2.77. The maximum Gasteiger partial charge on any atom is 0.416 e. The molecule has 7 heteroatoms. The first-order chi connectivity index (χ1) is 10.8. The number of fused-ring (bicyclic) bond motifs is 1. The number of alkyl halides is 3. The third-order valence-corrected chi connectivity index (χ3v) is 3.50. The standard InChI is InChI=1S/C16H10F5N2/c1-23(10-4-2-9(3-5-10)16(19,20)21)15-8-22-14-7-13(18)12(17)6-11(14)15/h2-8,22H,1H2/q+1. The zero-order chi connectivity index (χ0) is 16.8. The van der Waals surface area contributed by atoms with E-state index in [9.17, 15) is 22.0 Å². The Hall–Kier alpha value is -2.70. The third-order valence-electron chi connectivity index (χ3n) is 3.50. The molecule has 0 spiro atoms. The number of aromatic amines is 1. The molecule has 1 heterocycles. The van der Waals surface area contributed by atoms with Gasteiger partial charge in [-0.2, -0.15) is 17.7 Å². The number of benzene rings is 2. The van der Waals surface area contributed by atoms with Gasteiger partial charge in [0.05, 0.1) is 22.7 Å². The van der Waals surface area contributed by atoms with Crippen molar-refractivity contribution in [1.29, 1.82) is 0 Å². The van der Waals surface area contributed by atoms with Crippen molar-refractivity contribution in [3.8, 4) is 0 Å². The van der Waals surface area contributed by atoms with E-state index in [0.29, 0.717) is 22.3 Å². The van der Waals surface area contributed by atoms with Gasteiger partial charge in [0.25, 0.3) is 0 Å². The molecule has 0 saturated carbocycles. The number of hydrogen-bond donors (Lipinski definition) is 1. The molecule has 0 aliphatic carbocycles. The van der Waals surface area contributed by atoms with E-state index < -0.39 is 23.4 Å². The van der Waals surface area contributed by atoms with Crippen LogP contribution in [0.2, 0.25) is 0 Å². The number of hydrogen-bond acceptors (Lipinski definition) is 0. The van der Waals surface area contributed by atoms with E-state index in [1.54, 1.807) is 0 Å². The van der Waals surface area contributed by atoms with Gasteiger partial charge >= 0.3 is 6.18 Å². The largest absolute Gasteiger partial charge is 0.416 e. The lowest BCUT2D eigenvalue weighted by Crippen LogP contribution is -2.05. The summed E-state index contributed by atoms with van der Waals surface area (Å²) in [5, 5.41) is 0.374. The van der Waals surface area contributed by atoms with Crippen LogP contribution in [0.3, 0.4) is 0 Å². The normalized spacial score (nSPS) is 11.9. The zero-order valence-corrected chi connectivity index (χ0v) is 11.6. The molecule has 23 heavy (non-hydrogen) atoms. The number of rotatable bonds is 2. The number of halogens is 5. The molecule has 0 bridgehead atoms. The quantitative estimate of drug-likeness (QED) is 0.388. The first-order valence-corrected chi connectivity index (χ1v) is 6.51. The lowest BCUT2D eigenvalue weighted by molar-refractivity contribution is -0.137. The Morgan fingerprint density at radius 1 is 0.957 bits per heavy atom. The Morgan fingerprint density at radius 2 is 1.57 bits per heavy atom. The molecule has 3 aromatic rings. The van der Waals surface area contributed by atoms with Gasteiger partial charge in [0.1, 0.15) is 6.72 Å². The molecular formula is C16H10F5N2+. The van der Waals surface area contributed by atoms with Gasteiger partial charge in [0.2, 0.25) is 11.4 Å². The lowest BCUT2D eigenvalue weighted by atomic mass is 10.1. The highest BCUT2D eigenvalue weighted by molar-refractivity contribution is 5.93. The van der Waals surface area contributed by atoms with Gasteiger partial charge in [-0.25, -0.2) is 8.78 Å². The monoisotopic (exact) mass is 325 g/mol. The molecule has 0 aliphatic rings. The van der Waals surface area contributed by atoms with Crippen LogP contribution in [-0.2, 0) is 6.18 Å². The average Bonchev–Trinajstić information content (AvgIpc) is 2.89. The maximum atomic E-state index is 13.4. The van der Waals surface area contributed by atoms with Crippen LogP contribution in [0.1, 0.15) is 5.56 Å². The fraction of sp³-hybridized carbons (Fsp3) is 0.0625. The average molecular weight is 325 g/mol. The van der Waals surface area contributed by atoms with Gasteiger partial charge in [0.15, 0.2) is 11.6 Å². The molecule has 1 aromatic heterocycles. The molecule has 0 aliphatic heterocycles. The first-order valence-electron chi connectivity index (χ1n) is 6.51. The van der Waals surface area contributed by atoms with Crippen molar-refractivity contribution in [2.24, 2.45) is 0 Å². The number of aromatic nitrogens is 1. The van der Waals surface area contributed by atoms with Crippen LogP contribution in [0.5, 0.6) is 0 Å². The number of nitrogens with one attached hydrogen (secondary N) is 1. The summed E-state index contributed by atoms with van der Waals surface area (Å²) >= 11 is 0. The Morgan fingerprint density at radius 3 is 2.17 bits per heavy atom. The van der Waals surface area contributed by atoms with Gasteiger partial charge < -0.3 is 4.98 Å². The van der Waals surface area contributed by atoms with E-state index in [-0.39, 0.29) is 0 Å². The molecule has 0 radical (unpaired) electrons. The minimum Gasteiger partial charge on any atom is -0.355 e. The summed E-state index contributed by atoms with van der Waals surface area (Å²) in [5.74, 6) is -2.00. The second-order valence-corrected chi connectivity index (χ2v) is 4.96. The minimum absolute atomic E-state index is 0.361. The number of H-pyrrole nitrogens is 1. The molecule has 0 amide bonds. The minimum atomic E-state index is -4.42. The van der Waals surface area contributed by atoms with Crippen LogP contribution in [0.25, 0.3) is 10.9 Å². The predicted octanol–water partition coefficient (Wildman–Crippen LogP) is 5.00. The smallest absolute Gasteiger partial charge is 0.355 e. The summed E-state index contributed by atoms with van der Waals surface area (Å²) in [5.41, 5.74) is 0.378. The summed E-state index contributed by atoms with van der Waals surface area (Å²) in [7, 11) is 0. The van der Waals surface area contributed by atoms with Gasteiger partial charge in [-0.15, -0.1) is 0 Å². The van der Waals surface area contributed by atoms with Crippen LogP contribution in [0, 0.1) is 11.6 Å². The van der Waals surface area contributed by atoms with Gasteiger partial charge in [-0.05, 0) is 18.2 Å². The molecule has 0 atom stereocenters. The summed E-state index contributed by atoms with van der Waals surface area (Å²) in [6.07, 6.45) is -2.94. The Balaban J connectivity index is 2.02. The Kier molecular flexibility index (Phi) is 3.43.